The van der Waals surface area contributed by atoms with E-state index in [1.165, 1.54) is 10.8 Å². The van der Waals surface area contributed by atoms with Crippen molar-refractivity contribution in [2.24, 2.45) is 0 Å². The maximum Gasteiger partial charge on any atom is 0.216 e. The van der Waals surface area contributed by atoms with Crippen LogP contribution in [0, 0.1) is 0 Å². The summed E-state index contributed by atoms with van der Waals surface area (Å²) >= 11 is 0. The lowest BCUT2D eigenvalue weighted by atomic mass is 10.1. The number of fused-ring (bicyclic) bond motifs is 3. The lowest BCUT2D eigenvalue weighted by Crippen LogP contribution is -2.20. The zero-order chi connectivity index (χ0) is 17.7. The fraction of sp³-hybridized carbons (Fsp3) is 0. The van der Waals surface area contributed by atoms with Crippen LogP contribution >= 0.6 is 0 Å². The van der Waals surface area contributed by atoms with Crippen LogP contribution in [0.3, 0.4) is 0 Å². The summed E-state index contributed by atoms with van der Waals surface area (Å²) in [5, 5.41) is 2.35. The van der Waals surface area contributed by atoms with Gasteiger partial charge in [0.05, 0.1) is 0 Å². The van der Waals surface area contributed by atoms with Gasteiger partial charge in [0, 0.05) is 6.07 Å². The van der Waals surface area contributed by atoms with Gasteiger partial charge in [-0.1, -0.05) is 48.5 Å². The molecule has 0 atom stereocenters. The summed E-state index contributed by atoms with van der Waals surface area (Å²) in [6.45, 7) is 0. The van der Waals surface area contributed by atoms with Crippen molar-refractivity contribution in [2.75, 3.05) is 0 Å². The number of rotatable bonds is 1. The van der Waals surface area contributed by atoms with E-state index in [0.717, 1.165) is 14.7 Å². The summed E-state index contributed by atoms with van der Waals surface area (Å²) in [5.74, 6) is 0. The first-order valence-electron chi connectivity index (χ1n) is 8.32. The van der Waals surface area contributed by atoms with Crippen molar-refractivity contribution < 1.29 is 8.42 Å². The Balaban J connectivity index is 1.84. The van der Waals surface area contributed by atoms with Crippen molar-refractivity contribution >= 4 is 31.5 Å². The molecule has 126 valence electrons. The Hall–Kier alpha value is -2.56. The minimum absolute atomic E-state index is 0.426. The minimum atomic E-state index is -3.48. The van der Waals surface area contributed by atoms with Gasteiger partial charge in [-0.2, -0.15) is 0 Å². The molecular formula is C22H15O2S2+. The average Bonchev–Trinajstić information content (AvgIpc) is 2.68. The smallest absolute Gasteiger partial charge is 0.216 e. The van der Waals surface area contributed by atoms with Crippen LogP contribution in [0.4, 0.5) is 0 Å². The minimum Gasteiger partial charge on any atom is -0.218 e. The number of hydrogen-bond donors (Lipinski definition) is 0. The van der Waals surface area contributed by atoms with E-state index in [4.69, 9.17) is 0 Å². The van der Waals surface area contributed by atoms with Gasteiger partial charge in [0.25, 0.3) is 0 Å². The highest BCUT2D eigenvalue weighted by molar-refractivity contribution is 8.00. The fourth-order valence-corrected chi connectivity index (χ4v) is 8.20. The molecular weight excluding hydrogens is 360 g/mol. The molecule has 0 aliphatic carbocycles. The van der Waals surface area contributed by atoms with Crippen molar-refractivity contribution in [1.29, 1.82) is 0 Å². The SMILES string of the molecule is O=S1(=O)c2ccccc2[S+](c2ccc3ccccc3c2)c2ccccc21. The lowest BCUT2D eigenvalue weighted by Gasteiger charge is -2.19. The quantitative estimate of drug-likeness (QED) is 0.383. The second kappa shape index (κ2) is 5.73. The first-order chi connectivity index (χ1) is 12.7. The van der Waals surface area contributed by atoms with Crippen LogP contribution in [0.25, 0.3) is 10.8 Å². The van der Waals surface area contributed by atoms with Gasteiger partial charge < -0.3 is 0 Å². The summed E-state index contributed by atoms with van der Waals surface area (Å²) in [7, 11) is -3.92. The van der Waals surface area contributed by atoms with E-state index >= 15 is 0 Å². The van der Waals surface area contributed by atoms with Gasteiger partial charge in [-0.25, -0.2) is 8.42 Å². The molecule has 4 aromatic rings. The van der Waals surface area contributed by atoms with E-state index < -0.39 is 20.7 Å². The molecule has 0 spiro atoms. The van der Waals surface area contributed by atoms with Crippen LogP contribution in [-0.2, 0) is 20.7 Å². The summed E-state index contributed by atoms with van der Waals surface area (Å²) in [6, 6.07) is 29.4. The van der Waals surface area contributed by atoms with E-state index in [-0.39, 0.29) is 0 Å². The Morgan fingerprint density at radius 1 is 0.577 bits per heavy atom. The Morgan fingerprint density at radius 2 is 1.12 bits per heavy atom. The van der Waals surface area contributed by atoms with Crippen molar-refractivity contribution in [3.8, 4) is 0 Å². The van der Waals surface area contributed by atoms with Crippen LogP contribution in [0.1, 0.15) is 0 Å². The molecule has 0 bridgehead atoms. The van der Waals surface area contributed by atoms with E-state index in [0.29, 0.717) is 9.79 Å². The molecule has 0 aromatic heterocycles. The topological polar surface area (TPSA) is 34.1 Å². The van der Waals surface area contributed by atoms with Gasteiger partial charge in [-0.05, 0) is 47.2 Å². The molecule has 0 amide bonds. The molecule has 5 rings (SSSR count). The first kappa shape index (κ1) is 15.7. The van der Waals surface area contributed by atoms with Crippen LogP contribution in [-0.4, -0.2) is 8.42 Å². The van der Waals surface area contributed by atoms with Gasteiger partial charge >= 0.3 is 0 Å². The molecule has 0 unspecified atom stereocenters. The second-order valence-electron chi connectivity index (χ2n) is 6.21. The highest BCUT2D eigenvalue weighted by Gasteiger charge is 2.44. The molecule has 26 heavy (non-hydrogen) atoms. The van der Waals surface area contributed by atoms with E-state index in [1.54, 1.807) is 24.3 Å². The Bertz CT molecular complexity index is 1210. The number of benzene rings is 4. The standard InChI is InChI=1S/C22H15O2S2/c23-26(24)21-11-5-3-9-19(21)25(20-10-4-6-12-22(20)26)18-14-13-16-7-1-2-8-17(16)15-18/h1-15H/q+1. The lowest BCUT2D eigenvalue weighted by molar-refractivity contribution is 0.590. The van der Waals surface area contributed by atoms with Crippen LogP contribution < -0.4 is 0 Å². The average molecular weight is 375 g/mol. The molecule has 2 nitrogen and oxygen atoms in total. The molecule has 0 saturated carbocycles. The van der Waals surface area contributed by atoms with Crippen LogP contribution in [0.15, 0.2) is 115 Å². The molecule has 1 aliphatic rings. The Labute approximate surface area is 155 Å². The molecule has 0 saturated heterocycles. The summed E-state index contributed by atoms with van der Waals surface area (Å²) in [6.07, 6.45) is 0. The summed E-state index contributed by atoms with van der Waals surface area (Å²) in [4.78, 5) is 3.74. The summed E-state index contributed by atoms with van der Waals surface area (Å²) < 4.78 is 26.2. The largest absolute Gasteiger partial charge is 0.218 e. The molecule has 0 N–H and O–H groups in total. The molecule has 4 heteroatoms. The number of hydrogen-bond acceptors (Lipinski definition) is 2. The molecule has 0 radical (unpaired) electrons. The van der Waals surface area contributed by atoms with Gasteiger partial charge in [0.2, 0.25) is 9.84 Å². The van der Waals surface area contributed by atoms with Crippen molar-refractivity contribution in [3.05, 3.63) is 91.0 Å². The van der Waals surface area contributed by atoms with Crippen molar-refractivity contribution in [2.45, 2.75) is 24.5 Å². The summed E-state index contributed by atoms with van der Waals surface area (Å²) in [5.41, 5.74) is 0. The highest BCUT2D eigenvalue weighted by Crippen LogP contribution is 2.44. The normalized spacial score (nSPS) is 15.4. The van der Waals surface area contributed by atoms with Crippen LogP contribution in [0.5, 0.6) is 0 Å². The fourth-order valence-electron chi connectivity index (χ4n) is 3.47. The first-order valence-corrected chi connectivity index (χ1v) is 11.0. The zero-order valence-electron chi connectivity index (χ0n) is 13.8. The highest BCUT2D eigenvalue weighted by atomic mass is 32.2. The molecule has 0 fully saturated rings. The Morgan fingerprint density at radius 3 is 1.77 bits per heavy atom. The van der Waals surface area contributed by atoms with Crippen LogP contribution in [0.2, 0.25) is 0 Å². The molecule has 4 aromatic carbocycles. The third-order valence-electron chi connectivity index (χ3n) is 4.67. The van der Waals surface area contributed by atoms with Gasteiger partial charge in [0.15, 0.2) is 14.7 Å². The number of sulfone groups is 1. The predicted octanol–water partition coefficient (Wildman–Crippen LogP) is 5.08. The Kier molecular flexibility index (Phi) is 3.45. The third-order valence-corrected chi connectivity index (χ3v) is 9.12. The third kappa shape index (κ3) is 2.23. The monoisotopic (exact) mass is 375 g/mol. The maximum absolute atomic E-state index is 13.1. The predicted molar refractivity (Wildman–Crippen MR) is 104 cm³/mol. The van der Waals surface area contributed by atoms with Crippen molar-refractivity contribution in [1.82, 2.24) is 0 Å². The van der Waals surface area contributed by atoms with Gasteiger partial charge in [-0.3, -0.25) is 0 Å². The van der Waals surface area contributed by atoms with Gasteiger partial charge in [-0.15, -0.1) is 0 Å². The van der Waals surface area contributed by atoms with E-state index in [2.05, 4.69) is 30.3 Å². The van der Waals surface area contributed by atoms with E-state index in [1.807, 2.05) is 36.4 Å². The molecule has 1 heterocycles. The molecule has 1 aliphatic heterocycles. The van der Waals surface area contributed by atoms with E-state index in [9.17, 15) is 8.42 Å². The van der Waals surface area contributed by atoms with Gasteiger partial charge in [0.1, 0.15) is 20.7 Å². The zero-order valence-corrected chi connectivity index (χ0v) is 15.4. The second-order valence-corrected chi connectivity index (χ2v) is 10.1. The maximum atomic E-state index is 13.1. The van der Waals surface area contributed by atoms with Crippen molar-refractivity contribution in [3.63, 3.8) is 0 Å².